The van der Waals surface area contributed by atoms with E-state index in [1.807, 2.05) is 0 Å². The third kappa shape index (κ3) is 3.10. The van der Waals surface area contributed by atoms with Crippen LogP contribution >= 0.6 is 0 Å². The average molecular weight is 329 g/mol. The van der Waals surface area contributed by atoms with Crippen molar-refractivity contribution in [3.05, 3.63) is 17.1 Å². The second-order valence-corrected chi connectivity index (χ2v) is 5.73. The van der Waals surface area contributed by atoms with Crippen LogP contribution in [0.4, 0.5) is 19.0 Å². The first-order valence-corrected chi connectivity index (χ1v) is 7.57. The second kappa shape index (κ2) is 5.95. The first kappa shape index (κ1) is 16.0. The number of carbonyl (C=O) groups excluding carboxylic acids is 1. The predicted octanol–water partition coefficient (Wildman–Crippen LogP) is 1.39. The first-order valence-electron chi connectivity index (χ1n) is 7.57. The molecule has 1 amide bonds. The molecular formula is C14H18F3N5O. The van der Waals surface area contributed by atoms with Crippen LogP contribution < -0.4 is 10.6 Å². The molecule has 0 bridgehead atoms. The highest BCUT2D eigenvalue weighted by Crippen LogP contribution is 2.29. The van der Waals surface area contributed by atoms with Gasteiger partial charge in [0.2, 0.25) is 0 Å². The summed E-state index contributed by atoms with van der Waals surface area (Å²) in [5.41, 5.74) is 1.29. The minimum absolute atomic E-state index is 0.0169. The molecular weight excluding hydrogens is 311 g/mol. The van der Waals surface area contributed by atoms with Gasteiger partial charge in [0, 0.05) is 25.6 Å². The maximum atomic E-state index is 12.6. The monoisotopic (exact) mass is 329 g/mol. The Morgan fingerprint density at radius 1 is 1.39 bits per heavy atom. The molecule has 6 nitrogen and oxygen atoms in total. The number of anilines is 1. The molecule has 0 saturated carbocycles. The van der Waals surface area contributed by atoms with Crippen LogP contribution in [0.2, 0.25) is 0 Å². The molecule has 0 radical (unpaired) electrons. The molecule has 0 unspecified atom stereocenters. The number of hydrogen-bond acceptors (Lipinski definition) is 5. The Labute approximate surface area is 131 Å². The van der Waals surface area contributed by atoms with Gasteiger partial charge in [-0.15, -0.1) is 0 Å². The van der Waals surface area contributed by atoms with Gasteiger partial charge in [-0.1, -0.05) is 0 Å². The molecule has 126 valence electrons. The Kier molecular flexibility index (Phi) is 4.13. The van der Waals surface area contributed by atoms with Crippen LogP contribution in [0.15, 0.2) is 0 Å². The fourth-order valence-electron chi connectivity index (χ4n) is 3.05. The molecule has 3 heterocycles. The van der Waals surface area contributed by atoms with E-state index in [0.717, 1.165) is 30.0 Å². The molecule has 1 aromatic rings. The lowest BCUT2D eigenvalue weighted by Gasteiger charge is -2.30. The molecule has 0 spiro atoms. The smallest absolute Gasteiger partial charge is 0.373 e. The van der Waals surface area contributed by atoms with Gasteiger partial charge in [-0.3, -0.25) is 4.79 Å². The number of nitrogens with zero attached hydrogens (tertiary/aromatic N) is 3. The van der Waals surface area contributed by atoms with Crippen molar-refractivity contribution in [2.45, 2.75) is 38.0 Å². The Morgan fingerprint density at radius 3 is 2.78 bits per heavy atom. The van der Waals surface area contributed by atoms with Crippen molar-refractivity contribution in [2.75, 3.05) is 25.5 Å². The van der Waals surface area contributed by atoms with Crippen LogP contribution in [0.1, 0.15) is 36.0 Å². The van der Waals surface area contributed by atoms with E-state index in [-0.39, 0.29) is 19.1 Å². The van der Waals surface area contributed by atoms with Gasteiger partial charge < -0.3 is 15.5 Å². The lowest BCUT2D eigenvalue weighted by Crippen LogP contribution is -2.44. The summed E-state index contributed by atoms with van der Waals surface area (Å²) in [4.78, 5) is 21.2. The standard InChI is InChI=1S/C14H18F3N5O/c1-18-11-8-7-22(13(23)14(15,16)17)6-4-9(8)20-12(21-11)10-3-2-5-19-10/h10,19H,2-7H2,1H3,(H,18,20,21)/t10-/m0/s1. The van der Waals surface area contributed by atoms with Gasteiger partial charge in [-0.25, -0.2) is 9.97 Å². The van der Waals surface area contributed by atoms with E-state index < -0.39 is 12.1 Å². The van der Waals surface area contributed by atoms with Gasteiger partial charge in [0.05, 0.1) is 18.3 Å². The van der Waals surface area contributed by atoms with Crippen molar-refractivity contribution in [1.82, 2.24) is 20.2 Å². The lowest BCUT2D eigenvalue weighted by molar-refractivity contribution is -0.186. The van der Waals surface area contributed by atoms with Gasteiger partial charge in [0.1, 0.15) is 11.6 Å². The number of halogens is 3. The molecule has 2 aliphatic heterocycles. The number of rotatable bonds is 2. The zero-order chi connectivity index (χ0) is 16.6. The fraction of sp³-hybridized carbons (Fsp3) is 0.643. The fourth-order valence-corrected chi connectivity index (χ4v) is 3.05. The molecule has 1 saturated heterocycles. The summed E-state index contributed by atoms with van der Waals surface area (Å²) in [6.07, 6.45) is -2.56. The molecule has 23 heavy (non-hydrogen) atoms. The number of nitrogens with one attached hydrogen (secondary N) is 2. The maximum absolute atomic E-state index is 12.6. The Bertz CT molecular complexity index is 596. The van der Waals surface area contributed by atoms with Crippen LogP contribution in [-0.4, -0.2) is 47.1 Å². The van der Waals surface area contributed by atoms with Crippen molar-refractivity contribution in [3.63, 3.8) is 0 Å². The van der Waals surface area contributed by atoms with Crippen LogP contribution in [0.5, 0.6) is 0 Å². The van der Waals surface area contributed by atoms with Gasteiger partial charge in [-0.2, -0.15) is 13.2 Å². The van der Waals surface area contributed by atoms with E-state index in [2.05, 4.69) is 20.6 Å². The summed E-state index contributed by atoms with van der Waals surface area (Å²) in [6, 6.07) is 0.0854. The second-order valence-electron chi connectivity index (χ2n) is 5.73. The molecule has 1 fully saturated rings. The molecule has 0 aromatic carbocycles. The Morgan fingerprint density at radius 2 is 2.17 bits per heavy atom. The predicted molar refractivity (Wildman–Crippen MR) is 76.7 cm³/mol. The zero-order valence-corrected chi connectivity index (χ0v) is 12.7. The lowest BCUT2D eigenvalue weighted by atomic mass is 10.0. The molecule has 3 rings (SSSR count). The summed E-state index contributed by atoms with van der Waals surface area (Å²) >= 11 is 0. The molecule has 0 aliphatic carbocycles. The van der Waals surface area contributed by atoms with Crippen molar-refractivity contribution in [1.29, 1.82) is 0 Å². The first-order chi connectivity index (χ1) is 10.9. The normalized spacial score (nSPS) is 21.2. The highest BCUT2D eigenvalue weighted by Gasteiger charge is 2.43. The van der Waals surface area contributed by atoms with Gasteiger partial charge in [0.25, 0.3) is 0 Å². The summed E-state index contributed by atoms with van der Waals surface area (Å²) in [5.74, 6) is -0.647. The number of aromatic nitrogens is 2. The van der Waals surface area contributed by atoms with Crippen molar-refractivity contribution in [2.24, 2.45) is 0 Å². The Hall–Kier alpha value is -1.90. The highest BCUT2D eigenvalue weighted by molar-refractivity contribution is 5.82. The van der Waals surface area contributed by atoms with E-state index >= 15 is 0 Å². The van der Waals surface area contributed by atoms with E-state index in [9.17, 15) is 18.0 Å². The quantitative estimate of drug-likeness (QED) is 0.858. The Balaban J connectivity index is 1.89. The topological polar surface area (TPSA) is 70.2 Å². The van der Waals surface area contributed by atoms with Crippen LogP contribution in [0.25, 0.3) is 0 Å². The molecule has 2 aliphatic rings. The minimum Gasteiger partial charge on any atom is -0.373 e. The number of hydrogen-bond donors (Lipinski definition) is 2. The number of alkyl halides is 3. The van der Waals surface area contributed by atoms with E-state index in [4.69, 9.17) is 0 Å². The van der Waals surface area contributed by atoms with Crippen molar-refractivity contribution >= 4 is 11.7 Å². The third-order valence-corrected chi connectivity index (χ3v) is 4.22. The SMILES string of the molecule is CNc1nc([C@@H]2CCCN2)nc2c1CN(C(=O)C(F)(F)F)CC2. The minimum atomic E-state index is -4.86. The summed E-state index contributed by atoms with van der Waals surface area (Å²) in [7, 11) is 1.67. The van der Waals surface area contributed by atoms with E-state index in [0.29, 0.717) is 23.6 Å². The highest BCUT2D eigenvalue weighted by atomic mass is 19.4. The average Bonchev–Trinajstić information content (AvgIpc) is 3.06. The summed E-state index contributed by atoms with van der Waals surface area (Å²) in [5, 5.41) is 6.23. The summed E-state index contributed by atoms with van der Waals surface area (Å²) < 4.78 is 37.8. The number of fused-ring (bicyclic) bond motifs is 1. The number of amides is 1. The maximum Gasteiger partial charge on any atom is 0.471 e. The van der Waals surface area contributed by atoms with Gasteiger partial charge in [-0.05, 0) is 19.4 Å². The summed E-state index contributed by atoms with van der Waals surface area (Å²) in [6.45, 7) is 0.805. The molecule has 9 heteroatoms. The van der Waals surface area contributed by atoms with Gasteiger partial charge in [0.15, 0.2) is 0 Å². The van der Waals surface area contributed by atoms with Gasteiger partial charge >= 0.3 is 12.1 Å². The molecule has 1 aromatic heterocycles. The van der Waals surface area contributed by atoms with Crippen LogP contribution in [-0.2, 0) is 17.8 Å². The van der Waals surface area contributed by atoms with Crippen molar-refractivity contribution < 1.29 is 18.0 Å². The van der Waals surface area contributed by atoms with E-state index in [1.165, 1.54) is 0 Å². The zero-order valence-electron chi connectivity index (χ0n) is 12.7. The van der Waals surface area contributed by atoms with Crippen molar-refractivity contribution in [3.8, 4) is 0 Å². The van der Waals surface area contributed by atoms with Crippen LogP contribution in [0, 0.1) is 0 Å². The third-order valence-electron chi connectivity index (χ3n) is 4.22. The van der Waals surface area contributed by atoms with Crippen LogP contribution in [0.3, 0.4) is 0 Å². The molecule has 2 N–H and O–H groups in total. The number of carbonyl (C=O) groups is 1. The molecule has 1 atom stereocenters. The largest absolute Gasteiger partial charge is 0.471 e. The van der Waals surface area contributed by atoms with E-state index in [1.54, 1.807) is 7.05 Å².